The molecular weight excluding hydrogens is 161 g/mol. The van der Waals surface area contributed by atoms with E-state index in [-0.39, 0.29) is 5.82 Å². The van der Waals surface area contributed by atoms with Gasteiger partial charge in [-0.25, -0.2) is 9.37 Å². The third-order valence-corrected chi connectivity index (χ3v) is 1.63. The number of hydrogen-bond donors (Lipinski definition) is 0. The topological polar surface area (TPSA) is 12.9 Å². The van der Waals surface area contributed by atoms with Crippen molar-refractivity contribution in [2.45, 2.75) is 5.03 Å². The molecule has 0 fully saturated rings. The molecule has 0 atom stereocenters. The average Bonchev–Trinajstić information content (AvgIpc) is 1.88. The maximum Gasteiger partial charge on any atom is 0.127 e. The summed E-state index contributed by atoms with van der Waals surface area (Å²) in [5.41, 5.74) is 0. The van der Waals surface area contributed by atoms with Crippen LogP contribution >= 0.6 is 21.7 Å². The standard InChI is InChI=1S/C5H3ClFNS/c6-9-5-3-4(7)1-2-8-5/h1-3H. The van der Waals surface area contributed by atoms with E-state index in [4.69, 9.17) is 10.7 Å². The molecule has 48 valence electrons. The predicted octanol–water partition coefficient (Wildman–Crippen LogP) is 2.47. The zero-order valence-corrected chi connectivity index (χ0v) is 5.92. The molecule has 1 nitrogen and oxygen atoms in total. The number of rotatable bonds is 1. The molecule has 0 aromatic carbocycles. The Morgan fingerprint density at radius 3 is 2.89 bits per heavy atom. The summed E-state index contributed by atoms with van der Waals surface area (Å²) in [4.78, 5) is 3.75. The van der Waals surface area contributed by atoms with Crippen LogP contribution in [0.2, 0.25) is 0 Å². The SMILES string of the molecule is Fc1ccnc(SCl)c1. The molecule has 9 heavy (non-hydrogen) atoms. The third-order valence-electron chi connectivity index (χ3n) is 0.776. The molecule has 0 saturated carbocycles. The number of pyridine rings is 1. The first kappa shape index (κ1) is 6.83. The van der Waals surface area contributed by atoms with Gasteiger partial charge in [-0.15, -0.1) is 0 Å². The summed E-state index contributed by atoms with van der Waals surface area (Å²) in [6.45, 7) is 0. The summed E-state index contributed by atoms with van der Waals surface area (Å²) >= 11 is 0. The van der Waals surface area contributed by atoms with Crippen LogP contribution in [0, 0.1) is 5.82 Å². The highest BCUT2D eigenvalue weighted by atomic mass is 35.7. The van der Waals surface area contributed by atoms with Gasteiger partial charge in [-0.1, -0.05) is 0 Å². The minimum absolute atomic E-state index is 0.312. The molecule has 1 aromatic heterocycles. The van der Waals surface area contributed by atoms with Gasteiger partial charge < -0.3 is 0 Å². The Morgan fingerprint density at radius 1 is 1.67 bits per heavy atom. The quantitative estimate of drug-likeness (QED) is 0.631. The third kappa shape index (κ3) is 1.84. The Hall–Kier alpha value is -0.280. The first-order valence-electron chi connectivity index (χ1n) is 2.23. The Kier molecular flexibility index (Phi) is 2.30. The van der Waals surface area contributed by atoms with Crippen LogP contribution in [-0.2, 0) is 0 Å². The normalized spacial score (nSPS) is 9.56. The average molecular weight is 164 g/mol. The smallest absolute Gasteiger partial charge is 0.127 e. The molecule has 1 aromatic rings. The van der Waals surface area contributed by atoms with Crippen molar-refractivity contribution in [3.05, 3.63) is 24.1 Å². The van der Waals surface area contributed by atoms with Crippen molar-refractivity contribution in [2.75, 3.05) is 0 Å². The monoisotopic (exact) mass is 163 g/mol. The van der Waals surface area contributed by atoms with Crippen molar-refractivity contribution >= 4 is 21.7 Å². The molecule has 0 amide bonds. The lowest BCUT2D eigenvalue weighted by atomic mass is 10.5. The number of halogens is 2. The van der Waals surface area contributed by atoms with Crippen LogP contribution < -0.4 is 0 Å². The molecular formula is C5H3ClFNS. The maximum absolute atomic E-state index is 12.2. The van der Waals surface area contributed by atoms with Crippen LogP contribution in [-0.4, -0.2) is 4.98 Å². The van der Waals surface area contributed by atoms with Crippen molar-refractivity contribution in [1.82, 2.24) is 4.98 Å². The summed E-state index contributed by atoms with van der Waals surface area (Å²) in [5.74, 6) is -0.312. The first-order chi connectivity index (χ1) is 4.33. The lowest BCUT2D eigenvalue weighted by Gasteiger charge is -1.89. The van der Waals surface area contributed by atoms with Gasteiger partial charge in [0.15, 0.2) is 0 Å². The van der Waals surface area contributed by atoms with E-state index in [1.54, 1.807) is 0 Å². The van der Waals surface area contributed by atoms with Gasteiger partial charge in [-0.05, 0) is 16.7 Å². The Bertz CT molecular complexity index is 206. The summed E-state index contributed by atoms with van der Waals surface area (Å²) in [6.07, 6.45) is 1.38. The number of hydrogen-bond acceptors (Lipinski definition) is 2. The highest BCUT2D eigenvalue weighted by Crippen LogP contribution is 2.18. The van der Waals surface area contributed by atoms with E-state index in [2.05, 4.69) is 4.98 Å². The van der Waals surface area contributed by atoms with E-state index in [0.717, 1.165) is 11.0 Å². The van der Waals surface area contributed by atoms with Crippen molar-refractivity contribution in [1.29, 1.82) is 0 Å². The molecule has 0 saturated heterocycles. The van der Waals surface area contributed by atoms with Crippen molar-refractivity contribution < 1.29 is 4.39 Å². The summed E-state index contributed by atoms with van der Waals surface area (Å²) in [7, 11) is 6.19. The second kappa shape index (κ2) is 3.03. The van der Waals surface area contributed by atoms with Crippen LogP contribution in [0.1, 0.15) is 0 Å². The molecule has 1 rings (SSSR count). The van der Waals surface area contributed by atoms with Crippen LogP contribution in [0.5, 0.6) is 0 Å². The van der Waals surface area contributed by atoms with Crippen LogP contribution in [0.3, 0.4) is 0 Å². The van der Waals surface area contributed by atoms with Gasteiger partial charge in [0.1, 0.15) is 10.8 Å². The van der Waals surface area contributed by atoms with Gasteiger partial charge in [0.2, 0.25) is 0 Å². The van der Waals surface area contributed by atoms with E-state index in [0.29, 0.717) is 5.03 Å². The molecule has 0 N–H and O–H groups in total. The van der Waals surface area contributed by atoms with E-state index in [9.17, 15) is 4.39 Å². The molecule has 4 heteroatoms. The van der Waals surface area contributed by atoms with Crippen LogP contribution in [0.25, 0.3) is 0 Å². The highest BCUT2D eigenvalue weighted by molar-refractivity contribution is 8.21. The summed E-state index contributed by atoms with van der Waals surface area (Å²) < 4.78 is 12.2. The molecule has 0 aliphatic rings. The van der Waals surface area contributed by atoms with Crippen molar-refractivity contribution in [3.63, 3.8) is 0 Å². The fourth-order valence-electron chi connectivity index (χ4n) is 0.427. The molecule has 0 unspecified atom stereocenters. The second-order valence-corrected chi connectivity index (χ2v) is 2.42. The minimum Gasteiger partial charge on any atom is -0.249 e. The zero-order valence-electron chi connectivity index (χ0n) is 4.34. The highest BCUT2D eigenvalue weighted by Gasteiger charge is 1.92. The first-order valence-corrected chi connectivity index (χ1v) is 3.87. The summed E-state index contributed by atoms with van der Waals surface area (Å²) in [6, 6.07) is 2.55. The van der Waals surface area contributed by atoms with Crippen molar-refractivity contribution in [3.8, 4) is 0 Å². The fourth-order valence-corrected chi connectivity index (χ4v) is 0.938. The number of aromatic nitrogens is 1. The lowest BCUT2D eigenvalue weighted by Crippen LogP contribution is -1.77. The van der Waals surface area contributed by atoms with Gasteiger partial charge in [0.25, 0.3) is 0 Å². The summed E-state index contributed by atoms with van der Waals surface area (Å²) in [5, 5.41) is 0.483. The fraction of sp³-hybridized carbons (Fsp3) is 0. The predicted molar refractivity (Wildman–Crippen MR) is 35.9 cm³/mol. The van der Waals surface area contributed by atoms with Gasteiger partial charge in [0.05, 0.1) is 0 Å². The lowest BCUT2D eigenvalue weighted by molar-refractivity contribution is 0.620. The van der Waals surface area contributed by atoms with Gasteiger partial charge in [-0.3, -0.25) is 0 Å². The molecule has 0 bridgehead atoms. The Labute approximate surface area is 60.7 Å². The largest absolute Gasteiger partial charge is 0.249 e. The minimum atomic E-state index is -0.312. The molecule has 0 aliphatic carbocycles. The van der Waals surface area contributed by atoms with E-state index >= 15 is 0 Å². The molecule has 1 heterocycles. The van der Waals surface area contributed by atoms with Crippen LogP contribution in [0.15, 0.2) is 23.4 Å². The molecule has 0 aliphatic heterocycles. The van der Waals surface area contributed by atoms with Crippen molar-refractivity contribution in [2.24, 2.45) is 0 Å². The van der Waals surface area contributed by atoms with E-state index in [1.165, 1.54) is 18.3 Å². The Morgan fingerprint density at radius 2 is 2.44 bits per heavy atom. The van der Waals surface area contributed by atoms with Crippen LogP contribution in [0.4, 0.5) is 4.39 Å². The Balaban J connectivity index is 2.94. The number of nitrogens with zero attached hydrogens (tertiary/aromatic N) is 1. The maximum atomic E-state index is 12.2. The van der Waals surface area contributed by atoms with Gasteiger partial charge in [0, 0.05) is 23.2 Å². The molecule has 0 radical (unpaired) electrons. The van der Waals surface area contributed by atoms with Gasteiger partial charge >= 0.3 is 0 Å². The second-order valence-electron chi connectivity index (χ2n) is 1.39. The van der Waals surface area contributed by atoms with Gasteiger partial charge in [-0.2, -0.15) is 0 Å². The van der Waals surface area contributed by atoms with E-state index < -0.39 is 0 Å². The van der Waals surface area contributed by atoms with E-state index in [1.807, 2.05) is 0 Å². The zero-order chi connectivity index (χ0) is 6.69. The molecule has 0 spiro atoms.